The highest BCUT2D eigenvalue weighted by molar-refractivity contribution is 6.33. The van der Waals surface area contributed by atoms with Crippen LogP contribution < -0.4 is 5.73 Å². The molecule has 0 saturated carbocycles. The SMILES string of the molecule is CCCCCC1=C2C=CC(=N2)C(CCCCC)=C2C=CC(=N2)C(c2ccc(N)cc2)=C2C=CC(=N2)C(CCCCC)=C2C=CC1=N2. The van der Waals surface area contributed by atoms with E-state index in [0.29, 0.717) is 0 Å². The lowest BCUT2D eigenvalue weighted by Gasteiger charge is -2.12. The first kappa shape index (κ1) is 31.6. The number of allylic oxidation sites excluding steroid dienone is 12. The highest BCUT2D eigenvalue weighted by Crippen LogP contribution is 2.35. The molecule has 0 amide bonds. The van der Waals surface area contributed by atoms with Crippen LogP contribution in [-0.4, -0.2) is 22.8 Å². The highest BCUT2D eigenvalue weighted by Gasteiger charge is 2.25. The molecule has 1 aromatic rings. The van der Waals surface area contributed by atoms with Crippen molar-refractivity contribution < 1.29 is 0 Å². The first-order valence-electron chi connectivity index (χ1n) is 17.5. The number of rotatable bonds is 13. The number of anilines is 1. The second kappa shape index (κ2) is 14.8. The van der Waals surface area contributed by atoms with Crippen LogP contribution in [0.5, 0.6) is 0 Å². The maximum atomic E-state index is 6.11. The average Bonchev–Trinajstić information content (AvgIpc) is 3.89. The van der Waals surface area contributed by atoms with Crippen molar-refractivity contribution in [2.45, 2.75) is 97.8 Å². The summed E-state index contributed by atoms with van der Waals surface area (Å²) in [6.45, 7) is 6.76. The van der Waals surface area contributed by atoms with E-state index in [-0.39, 0.29) is 0 Å². The Morgan fingerprint density at radius 1 is 0.435 bits per heavy atom. The molecule has 0 spiro atoms. The summed E-state index contributed by atoms with van der Waals surface area (Å²) in [6.07, 6.45) is 30.7. The van der Waals surface area contributed by atoms with Crippen LogP contribution in [0.1, 0.15) is 103 Å². The van der Waals surface area contributed by atoms with Crippen molar-refractivity contribution in [3.05, 3.63) is 118 Å². The number of nitrogens with zero attached hydrogens (tertiary/aromatic N) is 4. The van der Waals surface area contributed by atoms with Crippen LogP contribution >= 0.6 is 0 Å². The Kier molecular flexibility index (Phi) is 10.2. The fourth-order valence-electron chi connectivity index (χ4n) is 6.63. The normalized spacial score (nSPS) is 18.4. The largest absolute Gasteiger partial charge is 0.399 e. The number of hydrogen-bond donors (Lipinski definition) is 1. The molecular weight excluding hydrogens is 562 g/mol. The van der Waals surface area contributed by atoms with Crippen LogP contribution in [0.25, 0.3) is 5.57 Å². The summed E-state index contributed by atoms with van der Waals surface area (Å²) < 4.78 is 0. The number of nitrogens with two attached hydrogens (primary N) is 1. The van der Waals surface area contributed by atoms with Crippen LogP contribution in [0.2, 0.25) is 0 Å². The summed E-state index contributed by atoms with van der Waals surface area (Å²) in [5, 5.41) is 0. The van der Waals surface area contributed by atoms with Crippen LogP contribution in [0.4, 0.5) is 5.69 Å². The molecule has 5 aliphatic heterocycles. The topological polar surface area (TPSA) is 75.5 Å². The van der Waals surface area contributed by atoms with Gasteiger partial charge in [0.25, 0.3) is 0 Å². The van der Waals surface area contributed by atoms with E-state index in [4.69, 9.17) is 25.7 Å². The molecule has 2 N–H and O–H groups in total. The van der Waals surface area contributed by atoms with E-state index >= 15 is 0 Å². The lowest BCUT2D eigenvalue weighted by atomic mass is 9.98. The molecule has 46 heavy (non-hydrogen) atoms. The fourth-order valence-corrected chi connectivity index (χ4v) is 6.63. The highest BCUT2D eigenvalue weighted by atomic mass is 14.9. The molecule has 0 atom stereocenters. The van der Waals surface area contributed by atoms with Crippen LogP contribution in [0.15, 0.2) is 132 Å². The molecule has 0 fully saturated rings. The number of nitrogen functional groups attached to an aromatic ring is 1. The molecular formula is C41H47N5. The molecule has 236 valence electrons. The minimum atomic E-state index is 0.741. The Labute approximate surface area is 275 Å². The molecule has 5 heterocycles. The average molecular weight is 610 g/mol. The predicted molar refractivity (Wildman–Crippen MR) is 198 cm³/mol. The smallest absolute Gasteiger partial charge is 0.0737 e. The van der Waals surface area contributed by atoms with Crippen molar-refractivity contribution in [1.29, 1.82) is 0 Å². The Morgan fingerprint density at radius 2 is 0.804 bits per heavy atom. The summed E-state index contributed by atoms with van der Waals surface area (Å²) in [5.41, 5.74) is 20.5. The number of unbranched alkanes of at least 4 members (excludes halogenated alkanes) is 6. The van der Waals surface area contributed by atoms with Gasteiger partial charge in [0.05, 0.1) is 45.6 Å². The summed E-state index contributed by atoms with van der Waals surface area (Å²) in [5.74, 6) is 0. The number of aliphatic imine (C=N–C) groups is 4. The van der Waals surface area contributed by atoms with Gasteiger partial charge in [0.2, 0.25) is 0 Å². The van der Waals surface area contributed by atoms with Crippen molar-refractivity contribution in [2.24, 2.45) is 20.0 Å². The zero-order chi connectivity index (χ0) is 31.9. The first-order valence-corrected chi connectivity index (χ1v) is 17.5. The van der Waals surface area contributed by atoms with Gasteiger partial charge in [-0.05, 0) is 105 Å². The zero-order valence-electron chi connectivity index (χ0n) is 27.8. The first-order chi connectivity index (χ1) is 22.6. The summed E-state index contributed by atoms with van der Waals surface area (Å²) in [4.78, 5) is 21.2. The molecule has 0 unspecified atom stereocenters. The Hall–Kier alpha value is -4.38. The fraction of sp³-hybridized carbons (Fsp3) is 0.366. The Bertz CT molecular complexity index is 1730. The maximum Gasteiger partial charge on any atom is 0.0737 e. The maximum absolute atomic E-state index is 6.11. The Balaban J connectivity index is 1.57. The standard InChI is InChI=1S/C41H47N5/c1-4-7-10-13-30-33-20-22-35(43-33)31(14-11-8-5-2)37-24-26-39(45-37)41(28-16-18-29(42)19-17-28)40-27-25-38(46-40)32(15-12-9-6-3)36-23-21-34(30)44-36/h16-27H,4-15,42H2,1-3H3. The van der Waals surface area contributed by atoms with Crippen molar-refractivity contribution in [2.75, 3.05) is 5.73 Å². The van der Waals surface area contributed by atoms with Gasteiger partial charge in [-0.1, -0.05) is 71.4 Å². The quantitative estimate of drug-likeness (QED) is 0.175. The Morgan fingerprint density at radius 3 is 1.24 bits per heavy atom. The molecule has 6 rings (SSSR count). The van der Waals surface area contributed by atoms with Gasteiger partial charge in [-0.15, -0.1) is 0 Å². The van der Waals surface area contributed by atoms with E-state index in [2.05, 4.69) is 81.5 Å². The van der Waals surface area contributed by atoms with Crippen molar-refractivity contribution in [3.8, 4) is 0 Å². The second-order valence-corrected chi connectivity index (χ2v) is 12.7. The molecule has 8 bridgehead atoms. The lowest BCUT2D eigenvalue weighted by molar-refractivity contribution is 0.719. The van der Waals surface area contributed by atoms with E-state index in [1.54, 1.807) is 0 Å². The van der Waals surface area contributed by atoms with Crippen molar-refractivity contribution in [3.63, 3.8) is 0 Å². The third kappa shape index (κ3) is 6.89. The second-order valence-electron chi connectivity index (χ2n) is 12.7. The molecule has 0 aromatic heterocycles. The van der Waals surface area contributed by atoms with Crippen LogP contribution in [-0.2, 0) is 0 Å². The molecule has 1 aromatic carbocycles. The third-order valence-corrected chi connectivity index (χ3v) is 9.22. The van der Waals surface area contributed by atoms with Gasteiger partial charge in [-0.25, -0.2) is 20.0 Å². The molecule has 5 heteroatoms. The molecule has 5 nitrogen and oxygen atoms in total. The number of fused-ring (bicyclic) bond motifs is 4. The molecule has 0 radical (unpaired) electrons. The van der Waals surface area contributed by atoms with Gasteiger partial charge in [-0.2, -0.15) is 0 Å². The molecule has 5 aliphatic rings. The summed E-state index contributed by atoms with van der Waals surface area (Å²) in [6, 6.07) is 8.07. The van der Waals surface area contributed by atoms with Gasteiger partial charge in [0.15, 0.2) is 0 Å². The number of hydrogen-bond acceptors (Lipinski definition) is 5. The summed E-state index contributed by atoms with van der Waals surface area (Å²) in [7, 11) is 0. The van der Waals surface area contributed by atoms with Gasteiger partial charge in [0.1, 0.15) is 0 Å². The van der Waals surface area contributed by atoms with Gasteiger partial charge in [0, 0.05) is 28.0 Å². The van der Waals surface area contributed by atoms with Crippen LogP contribution in [0, 0.1) is 0 Å². The van der Waals surface area contributed by atoms with Gasteiger partial charge < -0.3 is 5.73 Å². The minimum Gasteiger partial charge on any atom is -0.399 e. The van der Waals surface area contributed by atoms with E-state index in [0.717, 1.165) is 101 Å². The van der Waals surface area contributed by atoms with Crippen molar-refractivity contribution in [1.82, 2.24) is 0 Å². The monoisotopic (exact) mass is 609 g/mol. The van der Waals surface area contributed by atoms with Gasteiger partial charge >= 0.3 is 0 Å². The number of benzene rings is 1. The van der Waals surface area contributed by atoms with Crippen LogP contribution in [0.3, 0.4) is 0 Å². The minimum absolute atomic E-state index is 0.741. The van der Waals surface area contributed by atoms with Gasteiger partial charge in [-0.3, -0.25) is 0 Å². The van der Waals surface area contributed by atoms with E-state index < -0.39 is 0 Å². The van der Waals surface area contributed by atoms with E-state index in [1.807, 2.05) is 12.1 Å². The molecule has 0 aliphatic carbocycles. The lowest BCUT2D eigenvalue weighted by Crippen LogP contribution is -2.04. The van der Waals surface area contributed by atoms with E-state index in [1.165, 1.54) is 55.2 Å². The summed E-state index contributed by atoms with van der Waals surface area (Å²) >= 11 is 0. The van der Waals surface area contributed by atoms with Crippen molar-refractivity contribution >= 4 is 34.1 Å². The molecule has 0 saturated heterocycles. The zero-order valence-corrected chi connectivity index (χ0v) is 27.8. The van der Waals surface area contributed by atoms with E-state index in [9.17, 15) is 0 Å². The predicted octanol–water partition coefficient (Wildman–Crippen LogP) is 10.5. The third-order valence-electron chi connectivity index (χ3n) is 9.22.